The maximum Gasteiger partial charge on any atom is 0.223 e. The Morgan fingerprint density at radius 1 is 1.14 bits per heavy atom. The predicted octanol–water partition coefficient (Wildman–Crippen LogP) is 3.06. The summed E-state index contributed by atoms with van der Waals surface area (Å²) in [4.78, 5) is 9.19. The molecule has 3 heterocycles. The van der Waals surface area contributed by atoms with Gasteiger partial charge >= 0.3 is 0 Å². The quantitative estimate of drug-likeness (QED) is 0.946. The molecule has 5 nitrogen and oxygen atoms in total. The highest BCUT2D eigenvalue weighted by molar-refractivity contribution is 5.33. The minimum atomic E-state index is 0.139. The smallest absolute Gasteiger partial charge is 0.223 e. The molecule has 0 amide bonds. The highest BCUT2D eigenvalue weighted by Crippen LogP contribution is 2.23. The number of nitrogens with zero attached hydrogens (tertiary/aromatic N) is 4. The van der Waals surface area contributed by atoms with Crippen molar-refractivity contribution in [2.45, 2.75) is 64.5 Å². The molecular weight excluding hydrogens is 274 g/mol. The molecule has 0 saturated heterocycles. The number of nitrogens with one attached hydrogen (secondary N) is 1. The van der Waals surface area contributed by atoms with Gasteiger partial charge in [-0.3, -0.25) is 4.68 Å². The zero-order chi connectivity index (χ0) is 14.9. The molecule has 1 aliphatic carbocycles. The molecule has 1 N–H and O–H groups in total. The average Bonchev–Trinajstić information content (AvgIpc) is 2.99. The molecule has 4 rings (SSSR count). The lowest BCUT2D eigenvalue weighted by Gasteiger charge is -2.17. The van der Waals surface area contributed by atoms with Gasteiger partial charge in [-0.15, -0.1) is 0 Å². The standard InChI is InChI=1S/C17H23N5/c1-12(16-10-14-7-4-5-9-22(14)21-16)19-17-18-11-13-6-2-3-8-15(13)20-17/h10-12H,2-9H2,1H3,(H,18,19,20). The van der Waals surface area contributed by atoms with E-state index in [9.17, 15) is 0 Å². The van der Waals surface area contributed by atoms with E-state index in [-0.39, 0.29) is 6.04 Å². The zero-order valence-electron chi connectivity index (χ0n) is 13.2. The Bertz CT molecular complexity index is 652. The second-order valence-corrected chi connectivity index (χ2v) is 6.48. The maximum absolute atomic E-state index is 4.73. The largest absolute Gasteiger partial charge is 0.346 e. The van der Waals surface area contributed by atoms with Gasteiger partial charge in [-0.2, -0.15) is 5.10 Å². The molecule has 0 bridgehead atoms. The Kier molecular flexibility index (Phi) is 3.56. The van der Waals surface area contributed by atoms with E-state index in [1.807, 2.05) is 6.20 Å². The van der Waals surface area contributed by atoms with E-state index in [0.717, 1.165) is 37.4 Å². The number of anilines is 1. The van der Waals surface area contributed by atoms with Crippen LogP contribution in [0.15, 0.2) is 12.3 Å². The molecule has 5 heteroatoms. The van der Waals surface area contributed by atoms with Crippen LogP contribution in [0.3, 0.4) is 0 Å². The summed E-state index contributed by atoms with van der Waals surface area (Å²) in [6.07, 6.45) is 10.4. The Balaban J connectivity index is 1.51. The van der Waals surface area contributed by atoms with Crippen molar-refractivity contribution < 1.29 is 0 Å². The third-order valence-corrected chi connectivity index (χ3v) is 4.79. The van der Waals surface area contributed by atoms with Crippen LogP contribution < -0.4 is 5.32 Å². The number of rotatable bonds is 3. The van der Waals surface area contributed by atoms with Crippen molar-refractivity contribution in [1.82, 2.24) is 19.7 Å². The highest BCUT2D eigenvalue weighted by Gasteiger charge is 2.18. The first-order valence-corrected chi connectivity index (χ1v) is 8.47. The van der Waals surface area contributed by atoms with Crippen molar-refractivity contribution in [3.63, 3.8) is 0 Å². The second-order valence-electron chi connectivity index (χ2n) is 6.48. The normalized spacial score (nSPS) is 18.4. The molecule has 0 aromatic carbocycles. The fourth-order valence-electron chi connectivity index (χ4n) is 3.46. The summed E-state index contributed by atoms with van der Waals surface area (Å²) in [5, 5.41) is 8.15. The molecule has 22 heavy (non-hydrogen) atoms. The van der Waals surface area contributed by atoms with Gasteiger partial charge < -0.3 is 5.32 Å². The van der Waals surface area contributed by atoms with Gasteiger partial charge in [0.05, 0.1) is 11.7 Å². The van der Waals surface area contributed by atoms with Gasteiger partial charge in [-0.05, 0) is 63.5 Å². The average molecular weight is 297 g/mol. The Morgan fingerprint density at radius 3 is 2.91 bits per heavy atom. The van der Waals surface area contributed by atoms with Crippen LogP contribution in [0.4, 0.5) is 5.95 Å². The lowest BCUT2D eigenvalue weighted by molar-refractivity contribution is 0.482. The fourth-order valence-corrected chi connectivity index (χ4v) is 3.46. The van der Waals surface area contributed by atoms with Gasteiger partial charge in [0.2, 0.25) is 5.95 Å². The molecule has 1 unspecified atom stereocenters. The summed E-state index contributed by atoms with van der Waals surface area (Å²) < 4.78 is 2.16. The van der Waals surface area contributed by atoms with Gasteiger partial charge in [0.15, 0.2) is 0 Å². The Hall–Kier alpha value is -1.91. The molecular formula is C17H23N5. The van der Waals surface area contributed by atoms with Crippen molar-refractivity contribution in [3.8, 4) is 0 Å². The predicted molar refractivity (Wildman–Crippen MR) is 85.9 cm³/mol. The van der Waals surface area contributed by atoms with E-state index in [1.165, 1.54) is 42.6 Å². The molecule has 0 spiro atoms. The van der Waals surface area contributed by atoms with Gasteiger partial charge in [0.25, 0.3) is 0 Å². The van der Waals surface area contributed by atoms with Gasteiger partial charge in [-0.25, -0.2) is 9.97 Å². The first-order valence-electron chi connectivity index (χ1n) is 8.47. The van der Waals surface area contributed by atoms with Crippen molar-refractivity contribution in [2.75, 3.05) is 5.32 Å². The summed E-state index contributed by atoms with van der Waals surface area (Å²) in [6, 6.07) is 2.37. The molecule has 2 aromatic rings. The topological polar surface area (TPSA) is 55.6 Å². The van der Waals surface area contributed by atoms with E-state index < -0.39 is 0 Å². The third-order valence-electron chi connectivity index (χ3n) is 4.79. The first-order chi connectivity index (χ1) is 10.8. The number of fused-ring (bicyclic) bond motifs is 2. The number of hydrogen-bond donors (Lipinski definition) is 1. The van der Waals surface area contributed by atoms with E-state index in [1.54, 1.807) is 0 Å². The van der Waals surface area contributed by atoms with Gasteiger partial charge in [0, 0.05) is 24.1 Å². The van der Waals surface area contributed by atoms with Crippen LogP contribution in [0.2, 0.25) is 0 Å². The van der Waals surface area contributed by atoms with E-state index in [0.29, 0.717) is 0 Å². The summed E-state index contributed by atoms with van der Waals surface area (Å²) >= 11 is 0. The van der Waals surface area contributed by atoms with E-state index >= 15 is 0 Å². The number of hydrogen-bond acceptors (Lipinski definition) is 4. The Labute approximate surface area is 131 Å². The summed E-state index contributed by atoms with van der Waals surface area (Å²) in [5.74, 6) is 0.735. The van der Waals surface area contributed by atoms with Crippen molar-refractivity contribution >= 4 is 5.95 Å². The molecule has 116 valence electrons. The van der Waals surface area contributed by atoms with Crippen molar-refractivity contribution in [3.05, 3.63) is 34.9 Å². The zero-order valence-corrected chi connectivity index (χ0v) is 13.2. The van der Waals surface area contributed by atoms with E-state index in [4.69, 9.17) is 10.1 Å². The molecule has 0 fully saturated rings. The monoisotopic (exact) mass is 297 g/mol. The molecule has 0 radical (unpaired) electrons. The summed E-state index contributed by atoms with van der Waals surface area (Å²) in [6.45, 7) is 3.19. The molecule has 2 aromatic heterocycles. The second kappa shape index (κ2) is 5.71. The van der Waals surface area contributed by atoms with Crippen molar-refractivity contribution in [1.29, 1.82) is 0 Å². The molecule has 0 saturated carbocycles. The van der Waals surface area contributed by atoms with E-state index in [2.05, 4.69) is 28.0 Å². The fraction of sp³-hybridized carbons (Fsp3) is 0.588. The highest BCUT2D eigenvalue weighted by atomic mass is 15.3. The van der Waals surface area contributed by atoms with Gasteiger partial charge in [-0.1, -0.05) is 0 Å². The third kappa shape index (κ3) is 2.60. The maximum atomic E-state index is 4.73. The van der Waals surface area contributed by atoms with Gasteiger partial charge in [0.1, 0.15) is 0 Å². The van der Waals surface area contributed by atoms with Crippen LogP contribution in [0.25, 0.3) is 0 Å². The summed E-state index contributed by atoms with van der Waals surface area (Å²) in [5.41, 5.74) is 5.00. The lowest BCUT2D eigenvalue weighted by Crippen LogP contribution is -2.14. The van der Waals surface area contributed by atoms with Crippen molar-refractivity contribution in [2.24, 2.45) is 0 Å². The van der Waals surface area contributed by atoms with Crippen LogP contribution in [0.5, 0.6) is 0 Å². The SMILES string of the molecule is CC(Nc1ncc2c(n1)CCCC2)c1cc2n(n1)CCCC2. The molecule has 1 aliphatic heterocycles. The summed E-state index contributed by atoms with van der Waals surface area (Å²) in [7, 11) is 0. The number of aromatic nitrogens is 4. The van der Waals surface area contributed by atoms with Crippen LogP contribution >= 0.6 is 0 Å². The van der Waals surface area contributed by atoms with Crippen LogP contribution in [0.1, 0.15) is 61.3 Å². The lowest BCUT2D eigenvalue weighted by atomic mass is 9.98. The Morgan fingerprint density at radius 2 is 2.00 bits per heavy atom. The first kappa shape index (κ1) is 13.7. The minimum Gasteiger partial charge on any atom is -0.346 e. The van der Waals surface area contributed by atoms with Crippen LogP contribution in [-0.2, 0) is 25.8 Å². The van der Waals surface area contributed by atoms with Crippen LogP contribution in [0, 0.1) is 0 Å². The molecule has 2 aliphatic rings. The molecule has 1 atom stereocenters. The van der Waals surface area contributed by atoms with Crippen LogP contribution in [-0.4, -0.2) is 19.7 Å². The number of aryl methyl sites for hydroxylation is 4. The minimum absolute atomic E-state index is 0.139.